The van der Waals surface area contributed by atoms with Crippen molar-refractivity contribution in [3.63, 3.8) is 0 Å². The van der Waals surface area contributed by atoms with Crippen LogP contribution in [0, 0.1) is 0 Å². The molecule has 0 fully saturated rings. The Morgan fingerprint density at radius 3 is 1.48 bits per heavy atom. The van der Waals surface area contributed by atoms with Gasteiger partial charge in [0.05, 0.1) is 6.42 Å². The summed E-state index contributed by atoms with van der Waals surface area (Å²) < 4.78 is 5.34. The Bertz CT molecular complexity index is 939. The van der Waals surface area contributed by atoms with E-state index in [0.29, 0.717) is 0 Å². The van der Waals surface area contributed by atoms with Crippen LogP contribution in [-0.4, -0.2) is 23.5 Å². The number of carbonyl (C=O) groups is 2. The van der Waals surface area contributed by atoms with Crippen LogP contribution in [0.1, 0.15) is 43.9 Å². The Morgan fingerprint density at radius 2 is 1.15 bits per heavy atom. The maximum atomic E-state index is 13.3. The molecule has 1 atom stereocenters. The Kier molecular flexibility index (Phi) is 8.80. The monoisotopic (exact) mass is 466 g/mol. The van der Waals surface area contributed by atoms with Gasteiger partial charge in [-0.2, -0.15) is 0 Å². The third-order valence-electron chi connectivity index (χ3n) is 5.06. The fraction of sp³-hybridized carbons (Fsp3) is 0.259. The third kappa shape index (κ3) is 6.44. The van der Waals surface area contributed by atoms with Crippen LogP contribution in [0.4, 0.5) is 0 Å². The third-order valence-corrected chi connectivity index (χ3v) is 5.06. The summed E-state index contributed by atoms with van der Waals surface area (Å²) in [5.41, 5.74) is 7.10. The Hall–Kier alpha value is -3.15. The molecule has 6 heteroatoms. The van der Waals surface area contributed by atoms with Crippen LogP contribution in [0.5, 0.6) is 0 Å². The molecule has 0 bridgehead atoms. The lowest BCUT2D eigenvalue weighted by Crippen LogP contribution is -2.50. The molecule has 0 aliphatic heterocycles. The van der Waals surface area contributed by atoms with E-state index in [1.54, 1.807) is 20.8 Å². The molecule has 33 heavy (non-hydrogen) atoms. The fourth-order valence-corrected chi connectivity index (χ4v) is 3.70. The molecule has 3 N–H and O–H groups in total. The molecule has 0 heterocycles. The first-order valence-corrected chi connectivity index (χ1v) is 10.7. The fourth-order valence-electron chi connectivity index (χ4n) is 3.70. The number of hydrogen-bond donors (Lipinski definition) is 2. The van der Waals surface area contributed by atoms with Crippen molar-refractivity contribution < 1.29 is 14.3 Å². The SMILES string of the molecule is CC(C)(C)OC(=O)[C@H](N)CC(=O)NC(c1ccccc1)(c1ccccc1)c1ccccc1.Cl. The molecule has 0 spiro atoms. The maximum absolute atomic E-state index is 13.3. The number of halogens is 1. The molecule has 0 aromatic heterocycles. The smallest absolute Gasteiger partial charge is 0.323 e. The molecule has 0 saturated heterocycles. The average Bonchev–Trinajstić information content (AvgIpc) is 2.78. The molecule has 5 nitrogen and oxygen atoms in total. The molecule has 174 valence electrons. The van der Waals surface area contributed by atoms with E-state index in [2.05, 4.69) is 5.32 Å². The molecular formula is C27H31ClN2O3. The summed E-state index contributed by atoms with van der Waals surface area (Å²) >= 11 is 0. The van der Waals surface area contributed by atoms with Crippen LogP contribution >= 0.6 is 12.4 Å². The standard InChI is InChI=1S/C27H30N2O3.ClH/c1-26(2,3)32-25(31)23(28)19-24(30)29-27(20-13-7-4-8-14-20,21-15-9-5-10-16-21)22-17-11-6-12-18-22;/h4-18,23H,19,28H2,1-3H3,(H,29,30);1H/t23-;/m1./s1. The molecule has 0 aliphatic rings. The van der Waals surface area contributed by atoms with Gasteiger partial charge < -0.3 is 15.8 Å². The summed E-state index contributed by atoms with van der Waals surface area (Å²) in [7, 11) is 0. The zero-order valence-corrected chi connectivity index (χ0v) is 20.0. The lowest BCUT2D eigenvalue weighted by atomic mass is 9.77. The second-order valence-electron chi connectivity index (χ2n) is 8.74. The molecule has 3 aromatic carbocycles. The van der Waals surface area contributed by atoms with Crippen molar-refractivity contribution in [3.8, 4) is 0 Å². The van der Waals surface area contributed by atoms with Crippen molar-refractivity contribution >= 4 is 24.3 Å². The molecule has 0 aliphatic carbocycles. The summed E-state index contributed by atoms with van der Waals surface area (Å²) in [5.74, 6) is -0.947. The Balaban J connectivity index is 0.00000385. The first kappa shape index (κ1) is 26.1. The normalized spacial score (nSPS) is 12.2. The summed E-state index contributed by atoms with van der Waals surface area (Å²) in [6, 6.07) is 28.3. The Morgan fingerprint density at radius 1 is 0.788 bits per heavy atom. The van der Waals surface area contributed by atoms with Gasteiger partial charge >= 0.3 is 5.97 Å². The molecule has 3 aromatic rings. The van der Waals surface area contributed by atoms with Gasteiger partial charge in [-0.1, -0.05) is 91.0 Å². The van der Waals surface area contributed by atoms with Gasteiger partial charge in [0.15, 0.2) is 0 Å². The van der Waals surface area contributed by atoms with Gasteiger partial charge in [-0.15, -0.1) is 12.4 Å². The van der Waals surface area contributed by atoms with Gasteiger partial charge in [0, 0.05) is 0 Å². The highest BCUT2D eigenvalue weighted by molar-refractivity contribution is 5.86. The molecular weight excluding hydrogens is 436 g/mol. The highest BCUT2D eigenvalue weighted by atomic mass is 35.5. The molecule has 1 amide bonds. The van der Waals surface area contributed by atoms with Crippen LogP contribution in [-0.2, 0) is 19.9 Å². The number of esters is 1. The average molecular weight is 467 g/mol. The second kappa shape index (κ2) is 11.1. The van der Waals surface area contributed by atoms with Crippen molar-refractivity contribution in [2.75, 3.05) is 0 Å². The summed E-state index contributed by atoms with van der Waals surface area (Å²) in [6.07, 6.45) is -0.191. The van der Waals surface area contributed by atoms with Crippen molar-refractivity contribution in [3.05, 3.63) is 108 Å². The number of amides is 1. The largest absolute Gasteiger partial charge is 0.459 e. The van der Waals surface area contributed by atoms with Gasteiger partial charge in [0.1, 0.15) is 17.2 Å². The minimum Gasteiger partial charge on any atom is -0.459 e. The first-order valence-electron chi connectivity index (χ1n) is 10.7. The van der Waals surface area contributed by atoms with Gasteiger partial charge in [0.2, 0.25) is 5.91 Å². The van der Waals surface area contributed by atoms with E-state index >= 15 is 0 Å². The van der Waals surface area contributed by atoms with E-state index in [4.69, 9.17) is 10.5 Å². The Labute approximate surface area is 201 Å². The number of benzene rings is 3. The summed E-state index contributed by atoms with van der Waals surface area (Å²) in [5, 5.41) is 3.20. The van der Waals surface area contributed by atoms with Crippen molar-refractivity contribution in [1.29, 1.82) is 0 Å². The predicted molar refractivity (Wildman–Crippen MR) is 133 cm³/mol. The van der Waals surface area contributed by atoms with Crippen molar-refractivity contribution in [2.45, 2.75) is 44.4 Å². The minimum atomic E-state index is -1.06. The van der Waals surface area contributed by atoms with Crippen molar-refractivity contribution in [2.24, 2.45) is 5.73 Å². The minimum absolute atomic E-state index is 0. The van der Waals surface area contributed by atoms with E-state index in [0.717, 1.165) is 16.7 Å². The van der Waals surface area contributed by atoms with Gasteiger partial charge in [-0.05, 0) is 37.5 Å². The number of ether oxygens (including phenoxy) is 1. The lowest BCUT2D eigenvalue weighted by Gasteiger charge is -2.37. The van der Waals surface area contributed by atoms with Crippen LogP contribution in [0.15, 0.2) is 91.0 Å². The highest BCUT2D eigenvalue weighted by Gasteiger charge is 2.38. The van der Waals surface area contributed by atoms with Crippen molar-refractivity contribution in [1.82, 2.24) is 5.32 Å². The number of nitrogens with two attached hydrogens (primary N) is 1. The summed E-state index contributed by atoms with van der Waals surface area (Å²) in [6.45, 7) is 5.30. The molecule has 3 rings (SSSR count). The van der Waals surface area contributed by atoms with Gasteiger partial charge in [0.25, 0.3) is 0 Å². The topological polar surface area (TPSA) is 81.4 Å². The van der Waals surface area contributed by atoms with Crippen LogP contribution in [0.2, 0.25) is 0 Å². The van der Waals surface area contributed by atoms with Crippen LogP contribution < -0.4 is 11.1 Å². The zero-order chi connectivity index (χ0) is 23.2. The quantitative estimate of drug-likeness (QED) is 0.394. The highest BCUT2D eigenvalue weighted by Crippen LogP contribution is 2.36. The molecule has 0 unspecified atom stereocenters. The van der Waals surface area contributed by atoms with Gasteiger partial charge in [-0.3, -0.25) is 9.59 Å². The van der Waals surface area contributed by atoms with Crippen LogP contribution in [0.25, 0.3) is 0 Å². The van der Waals surface area contributed by atoms with E-state index in [9.17, 15) is 9.59 Å². The van der Waals surface area contributed by atoms with E-state index in [1.807, 2.05) is 91.0 Å². The lowest BCUT2D eigenvalue weighted by molar-refractivity contribution is -0.157. The van der Waals surface area contributed by atoms with Crippen LogP contribution in [0.3, 0.4) is 0 Å². The van der Waals surface area contributed by atoms with E-state index < -0.39 is 23.2 Å². The number of nitrogens with one attached hydrogen (secondary N) is 1. The predicted octanol–water partition coefficient (Wildman–Crippen LogP) is 4.58. The first-order chi connectivity index (χ1) is 15.2. The molecule has 0 saturated carbocycles. The zero-order valence-electron chi connectivity index (χ0n) is 19.2. The van der Waals surface area contributed by atoms with E-state index in [-0.39, 0.29) is 24.7 Å². The number of carbonyl (C=O) groups excluding carboxylic acids is 2. The van der Waals surface area contributed by atoms with Gasteiger partial charge in [-0.25, -0.2) is 0 Å². The second-order valence-corrected chi connectivity index (χ2v) is 8.74. The van der Waals surface area contributed by atoms with E-state index in [1.165, 1.54) is 0 Å². The number of rotatable bonds is 7. The molecule has 0 radical (unpaired) electrons. The number of hydrogen-bond acceptors (Lipinski definition) is 4. The summed E-state index contributed by atoms with van der Waals surface area (Å²) in [4.78, 5) is 25.6. The maximum Gasteiger partial charge on any atom is 0.323 e.